The van der Waals surface area contributed by atoms with E-state index in [0.29, 0.717) is 17.5 Å². The van der Waals surface area contributed by atoms with E-state index in [2.05, 4.69) is 5.32 Å². The van der Waals surface area contributed by atoms with Crippen molar-refractivity contribution < 1.29 is 19.1 Å². The van der Waals surface area contributed by atoms with Crippen LogP contribution in [0.15, 0.2) is 24.3 Å². The summed E-state index contributed by atoms with van der Waals surface area (Å²) in [6.07, 6.45) is 5.02. The van der Waals surface area contributed by atoms with Gasteiger partial charge in [-0.2, -0.15) is 0 Å². The number of ether oxygens (including phenoxy) is 2. The van der Waals surface area contributed by atoms with E-state index < -0.39 is 6.16 Å². The minimum absolute atomic E-state index is 0.115. The first kappa shape index (κ1) is 17.1. The van der Waals surface area contributed by atoms with Crippen molar-refractivity contribution in [3.8, 4) is 5.75 Å². The maximum Gasteiger partial charge on any atom is 0.513 e. The van der Waals surface area contributed by atoms with Gasteiger partial charge in [0.05, 0.1) is 6.61 Å². The molecule has 2 amide bonds. The van der Waals surface area contributed by atoms with Crippen molar-refractivity contribution in [2.45, 2.75) is 45.1 Å². The molecule has 1 aliphatic carbocycles. The Bertz CT molecular complexity index is 524. The highest BCUT2D eigenvalue weighted by Crippen LogP contribution is 2.22. The molecule has 1 N–H and O–H groups in total. The number of benzene rings is 1. The zero-order valence-electron chi connectivity index (χ0n) is 13.7. The number of nitrogens with one attached hydrogen (secondary N) is 1. The van der Waals surface area contributed by atoms with Gasteiger partial charge in [-0.3, -0.25) is 0 Å². The lowest BCUT2D eigenvalue weighted by molar-refractivity contribution is 0.104. The third kappa shape index (κ3) is 5.16. The summed E-state index contributed by atoms with van der Waals surface area (Å²) in [5, 5.41) is 2.86. The second-order valence-corrected chi connectivity index (χ2v) is 5.64. The predicted molar refractivity (Wildman–Crippen MR) is 87.7 cm³/mol. The predicted octanol–water partition coefficient (Wildman–Crippen LogP) is 4.02. The first-order valence-electron chi connectivity index (χ1n) is 8.08. The Balaban J connectivity index is 1.87. The topological polar surface area (TPSA) is 67.9 Å². The standard InChI is InChI=1S/C17H24N2O4/c1-3-22-17(21)23-15-11-9-13(10-12-15)18-16(20)19(2)14-7-5-4-6-8-14/h9-12,14H,3-8H2,1-2H3,(H,18,20). The molecule has 1 fully saturated rings. The molecule has 1 saturated carbocycles. The van der Waals surface area contributed by atoms with E-state index in [9.17, 15) is 9.59 Å². The second-order valence-electron chi connectivity index (χ2n) is 5.64. The monoisotopic (exact) mass is 320 g/mol. The molecule has 6 nitrogen and oxygen atoms in total. The van der Waals surface area contributed by atoms with Gasteiger partial charge in [-0.1, -0.05) is 19.3 Å². The van der Waals surface area contributed by atoms with E-state index in [1.807, 2.05) is 7.05 Å². The number of hydrogen-bond donors (Lipinski definition) is 1. The Morgan fingerprint density at radius 1 is 1.17 bits per heavy atom. The summed E-state index contributed by atoms with van der Waals surface area (Å²) in [5.74, 6) is 0.377. The third-order valence-corrected chi connectivity index (χ3v) is 4.01. The van der Waals surface area contributed by atoms with Crippen LogP contribution in [0.5, 0.6) is 5.75 Å². The lowest BCUT2D eigenvalue weighted by Gasteiger charge is -2.31. The minimum Gasteiger partial charge on any atom is -0.434 e. The maximum atomic E-state index is 12.3. The van der Waals surface area contributed by atoms with Crippen LogP contribution in [0.4, 0.5) is 15.3 Å². The summed E-state index contributed by atoms with van der Waals surface area (Å²) in [6.45, 7) is 1.98. The molecule has 0 radical (unpaired) electrons. The molecule has 1 aliphatic rings. The molecule has 0 saturated heterocycles. The molecule has 0 aliphatic heterocycles. The molecule has 6 heteroatoms. The molecule has 0 heterocycles. The van der Waals surface area contributed by atoms with E-state index in [4.69, 9.17) is 9.47 Å². The number of carbonyl (C=O) groups is 2. The van der Waals surface area contributed by atoms with Gasteiger partial charge in [0.2, 0.25) is 0 Å². The highest BCUT2D eigenvalue weighted by molar-refractivity contribution is 5.89. The molecule has 0 aromatic heterocycles. The van der Waals surface area contributed by atoms with E-state index in [1.165, 1.54) is 19.3 Å². The lowest BCUT2D eigenvalue weighted by atomic mass is 9.95. The van der Waals surface area contributed by atoms with Gasteiger partial charge in [0, 0.05) is 18.8 Å². The number of nitrogens with zero attached hydrogens (tertiary/aromatic N) is 1. The van der Waals surface area contributed by atoms with Crippen molar-refractivity contribution in [2.24, 2.45) is 0 Å². The third-order valence-electron chi connectivity index (χ3n) is 4.01. The van der Waals surface area contributed by atoms with Crippen molar-refractivity contribution in [1.82, 2.24) is 4.90 Å². The van der Waals surface area contributed by atoms with Gasteiger partial charge in [0.1, 0.15) is 5.75 Å². The Kier molecular flexibility index (Phi) is 6.26. The van der Waals surface area contributed by atoms with Crippen molar-refractivity contribution >= 4 is 17.9 Å². The average molecular weight is 320 g/mol. The first-order chi connectivity index (χ1) is 11.1. The van der Waals surface area contributed by atoms with Gasteiger partial charge in [0.25, 0.3) is 0 Å². The molecule has 1 aromatic carbocycles. The molecule has 0 bridgehead atoms. The maximum absolute atomic E-state index is 12.3. The zero-order valence-corrected chi connectivity index (χ0v) is 13.7. The molecule has 0 atom stereocenters. The van der Waals surface area contributed by atoms with Gasteiger partial charge in [-0.15, -0.1) is 0 Å². The van der Waals surface area contributed by atoms with E-state index in [-0.39, 0.29) is 12.6 Å². The van der Waals surface area contributed by atoms with Gasteiger partial charge in [-0.25, -0.2) is 9.59 Å². The largest absolute Gasteiger partial charge is 0.513 e. The van der Waals surface area contributed by atoms with E-state index >= 15 is 0 Å². The van der Waals surface area contributed by atoms with Crippen LogP contribution in [0.2, 0.25) is 0 Å². The molecule has 0 unspecified atom stereocenters. The smallest absolute Gasteiger partial charge is 0.434 e. The Morgan fingerprint density at radius 3 is 2.43 bits per heavy atom. The highest BCUT2D eigenvalue weighted by Gasteiger charge is 2.21. The average Bonchev–Trinajstić information content (AvgIpc) is 2.57. The van der Waals surface area contributed by atoms with E-state index in [1.54, 1.807) is 36.1 Å². The number of hydrogen-bond acceptors (Lipinski definition) is 4. The number of anilines is 1. The van der Waals surface area contributed by atoms with Crippen LogP contribution in [0, 0.1) is 0 Å². The molecular formula is C17H24N2O4. The highest BCUT2D eigenvalue weighted by atomic mass is 16.7. The Labute approximate surface area is 136 Å². The van der Waals surface area contributed by atoms with Crippen LogP contribution in [0.3, 0.4) is 0 Å². The second kappa shape index (κ2) is 8.41. The Hall–Kier alpha value is -2.24. The summed E-state index contributed by atoms with van der Waals surface area (Å²) in [7, 11) is 1.84. The Morgan fingerprint density at radius 2 is 1.83 bits per heavy atom. The summed E-state index contributed by atoms with van der Waals surface area (Å²) in [4.78, 5) is 25.3. The SMILES string of the molecule is CCOC(=O)Oc1ccc(NC(=O)N(C)C2CCCCC2)cc1. The minimum atomic E-state index is -0.735. The zero-order chi connectivity index (χ0) is 16.7. The van der Waals surface area contributed by atoms with Gasteiger partial charge >= 0.3 is 12.2 Å². The van der Waals surface area contributed by atoms with Crippen LogP contribution in [-0.2, 0) is 4.74 Å². The van der Waals surface area contributed by atoms with Gasteiger partial charge in [0.15, 0.2) is 0 Å². The van der Waals surface area contributed by atoms with Crippen molar-refractivity contribution in [1.29, 1.82) is 0 Å². The molecule has 23 heavy (non-hydrogen) atoms. The van der Waals surface area contributed by atoms with E-state index in [0.717, 1.165) is 12.8 Å². The molecule has 2 rings (SSSR count). The van der Waals surface area contributed by atoms with Crippen molar-refractivity contribution in [2.75, 3.05) is 19.0 Å². The molecule has 0 spiro atoms. The first-order valence-corrected chi connectivity index (χ1v) is 8.08. The lowest BCUT2D eigenvalue weighted by Crippen LogP contribution is -2.40. The summed E-state index contributed by atoms with van der Waals surface area (Å²) < 4.78 is 9.67. The van der Waals surface area contributed by atoms with Crippen LogP contribution < -0.4 is 10.1 Å². The molecule has 1 aromatic rings. The van der Waals surface area contributed by atoms with Crippen LogP contribution in [-0.4, -0.2) is 36.8 Å². The van der Waals surface area contributed by atoms with Crippen LogP contribution >= 0.6 is 0 Å². The van der Waals surface area contributed by atoms with Crippen molar-refractivity contribution in [3.63, 3.8) is 0 Å². The molecular weight excluding hydrogens is 296 g/mol. The summed E-state index contributed by atoms with van der Waals surface area (Å²) >= 11 is 0. The van der Waals surface area contributed by atoms with Gasteiger partial charge in [-0.05, 0) is 44.0 Å². The van der Waals surface area contributed by atoms with Crippen LogP contribution in [0.25, 0.3) is 0 Å². The normalized spacial score (nSPS) is 14.9. The van der Waals surface area contributed by atoms with Gasteiger partial charge < -0.3 is 19.7 Å². The number of amides is 2. The summed E-state index contributed by atoms with van der Waals surface area (Å²) in [5.41, 5.74) is 0.661. The molecule has 126 valence electrons. The van der Waals surface area contributed by atoms with Crippen molar-refractivity contribution in [3.05, 3.63) is 24.3 Å². The number of rotatable bonds is 4. The number of urea groups is 1. The summed E-state index contributed by atoms with van der Waals surface area (Å²) in [6, 6.07) is 6.83. The van der Waals surface area contributed by atoms with Crippen LogP contribution in [0.1, 0.15) is 39.0 Å². The fourth-order valence-electron chi connectivity index (χ4n) is 2.70. The fourth-order valence-corrected chi connectivity index (χ4v) is 2.70. The quantitative estimate of drug-likeness (QED) is 0.672. The number of carbonyl (C=O) groups excluding carboxylic acids is 2. The fraction of sp³-hybridized carbons (Fsp3) is 0.529.